The molecule has 98 valence electrons. The Morgan fingerprint density at radius 3 is 2.50 bits per heavy atom. The van der Waals surface area contributed by atoms with Crippen LogP contribution in [0, 0.1) is 6.85 Å². The van der Waals surface area contributed by atoms with Crippen molar-refractivity contribution in [2.75, 3.05) is 7.04 Å². The summed E-state index contributed by atoms with van der Waals surface area (Å²) in [5, 5.41) is 0. The maximum atomic E-state index is 8.20. The van der Waals surface area contributed by atoms with Gasteiger partial charge in [-0.3, -0.25) is 0 Å². The molecule has 0 atom stereocenters. The van der Waals surface area contributed by atoms with Crippen molar-refractivity contribution in [2.45, 2.75) is 45.7 Å². The highest BCUT2D eigenvalue weighted by molar-refractivity contribution is 6.62. The van der Waals surface area contributed by atoms with Crippen LogP contribution in [0.1, 0.15) is 44.4 Å². The van der Waals surface area contributed by atoms with E-state index in [4.69, 9.17) is 20.3 Å². The first-order chi connectivity index (χ1) is 11.5. The van der Waals surface area contributed by atoms with E-state index in [-0.39, 0.29) is 5.46 Å². The Bertz CT molecular complexity index is 701. The van der Waals surface area contributed by atoms with Crippen molar-refractivity contribution in [3.05, 3.63) is 17.8 Å². The monoisotopic (exact) mass is 257 g/mol. The van der Waals surface area contributed by atoms with Gasteiger partial charge in [0.2, 0.25) is 5.88 Å². The van der Waals surface area contributed by atoms with Gasteiger partial charge in [-0.05, 0) is 46.1 Å². The molecule has 0 amide bonds. The first-order valence-electron chi connectivity index (χ1n) is 9.52. The summed E-state index contributed by atoms with van der Waals surface area (Å²) in [6.45, 7) is 4.21. The zero-order valence-corrected chi connectivity index (χ0v) is 10.7. The van der Waals surface area contributed by atoms with Gasteiger partial charge >= 0.3 is 7.12 Å². The van der Waals surface area contributed by atoms with Crippen LogP contribution < -0.4 is 10.2 Å². The van der Waals surface area contributed by atoms with Gasteiger partial charge in [0.15, 0.2) is 0 Å². The topological polar surface area (TPSA) is 40.6 Å². The third-order valence-electron chi connectivity index (χ3n) is 3.29. The molecule has 1 aromatic heterocycles. The number of methoxy groups -OCH3 is 1. The molecule has 0 aliphatic carbocycles. The second-order valence-corrected chi connectivity index (χ2v) is 5.12. The molecule has 1 aliphatic heterocycles. The largest absolute Gasteiger partial charge is 0.495 e. The molecule has 1 fully saturated rings. The average Bonchev–Trinajstić information content (AvgIpc) is 2.58. The maximum absolute atomic E-state index is 8.20. The molecule has 4 nitrogen and oxygen atoms in total. The molecule has 0 bridgehead atoms. The Balaban J connectivity index is 2.67. The van der Waals surface area contributed by atoms with Gasteiger partial charge < -0.3 is 14.0 Å². The van der Waals surface area contributed by atoms with Crippen molar-refractivity contribution in [1.82, 2.24) is 4.98 Å². The number of nitrogens with zero attached hydrogens (tertiary/aromatic N) is 1. The molecule has 0 spiro atoms. The molecule has 2 heterocycles. The van der Waals surface area contributed by atoms with Gasteiger partial charge in [-0.2, -0.15) is 0 Å². The van der Waals surface area contributed by atoms with Crippen LogP contribution in [0.25, 0.3) is 0 Å². The third-order valence-corrected chi connectivity index (χ3v) is 3.29. The van der Waals surface area contributed by atoms with Gasteiger partial charge in [0.25, 0.3) is 0 Å². The Hall–Kier alpha value is -1.07. The zero-order chi connectivity index (χ0) is 20.3. The maximum Gasteiger partial charge on any atom is 0.495 e. The lowest BCUT2D eigenvalue weighted by Gasteiger charge is -2.32. The molecular weight excluding hydrogens is 229 g/mol. The first-order valence-corrected chi connectivity index (χ1v) is 5.52. The van der Waals surface area contributed by atoms with E-state index >= 15 is 0 Å². The predicted molar refractivity (Wildman–Crippen MR) is 71.2 cm³/mol. The summed E-state index contributed by atoms with van der Waals surface area (Å²) in [5.74, 6) is -0.711. The van der Waals surface area contributed by atoms with E-state index in [1.54, 1.807) is 27.7 Å². The van der Waals surface area contributed by atoms with Gasteiger partial charge in [0.05, 0.1) is 25.1 Å². The second-order valence-electron chi connectivity index (χ2n) is 5.12. The smallest absolute Gasteiger partial charge is 0.481 e. The molecule has 5 heteroatoms. The van der Waals surface area contributed by atoms with Crippen molar-refractivity contribution >= 4 is 12.6 Å². The molecule has 0 unspecified atom stereocenters. The number of hydrogen-bond donors (Lipinski definition) is 0. The average molecular weight is 257 g/mol. The van der Waals surface area contributed by atoms with E-state index in [2.05, 4.69) is 9.72 Å². The van der Waals surface area contributed by atoms with Gasteiger partial charge in [0, 0.05) is 15.8 Å². The van der Waals surface area contributed by atoms with Crippen molar-refractivity contribution in [2.24, 2.45) is 0 Å². The molecule has 0 N–H and O–H groups in total. The molecule has 18 heavy (non-hydrogen) atoms. The van der Waals surface area contributed by atoms with Crippen LogP contribution in [0.15, 0.2) is 12.1 Å². The molecule has 0 radical (unpaired) electrons. The van der Waals surface area contributed by atoms with Gasteiger partial charge in [-0.25, -0.2) is 4.98 Å². The Morgan fingerprint density at radius 1 is 1.28 bits per heavy atom. The number of aromatic nitrogens is 1. The van der Waals surface area contributed by atoms with E-state index in [1.165, 1.54) is 0 Å². The van der Waals surface area contributed by atoms with Crippen LogP contribution in [0.3, 0.4) is 0 Å². The van der Waals surface area contributed by atoms with Crippen LogP contribution in [0.2, 0.25) is 0 Å². The highest BCUT2D eigenvalue weighted by Gasteiger charge is 2.51. The molecule has 1 saturated heterocycles. The van der Waals surface area contributed by atoms with Crippen molar-refractivity contribution in [1.29, 1.82) is 0 Å². The first kappa shape index (κ1) is 6.39. The van der Waals surface area contributed by atoms with E-state index in [9.17, 15) is 0 Å². The normalized spacial score (nSPS) is 29.0. The van der Waals surface area contributed by atoms with Crippen LogP contribution >= 0.6 is 0 Å². The molecule has 1 aromatic rings. The summed E-state index contributed by atoms with van der Waals surface area (Å²) in [7, 11) is -4.17. The standard InChI is InChI=1S/C13H20BNO3/c1-9-7-10(8-11(15-9)16-6)14-17-12(2,3)13(4,5)18-14/h7-8H,1-6H3/i1D3,6D3,7D,8D. The fourth-order valence-electron chi connectivity index (χ4n) is 1.56. The number of hydrogen-bond acceptors (Lipinski definition) is 4. The fourth-order valence-corrected chi connectivity index (χ4v) is 1.56. The Morgan fingerprint density at radius 2 is 1.94 bits per heavy atom. The molecule has 1 aliphatic rings. The summed E-state index contributed by atoms with van der Waals surface area (Å²) in [6, 6.07) is -1.12. The molecule has 0 aromatic carbocycles. The quantitative estimate of drug-likeness (QED) is 0.756. The number of aryl methyl sites for hydroxylation is 1. The minimum Gasteiger partial charge on any atom is -0.481 e. The Labute approximate surface area is 120 Å². The fraction of sp³-hybridized carbons (Fsp3) is 0.615. The number of pyridine rings is 1. The van der Waals surface area contributed by atoms with Gasteiger partial charge in [0.1, 0.15) is 0 Å². The van der Waals surface area contributed by atoms with E-state index in [0.29, 0.717) is 0 Å². The Kier molecular flexibility index (Phi) is 1.51. The molecular formula is C13H20BNO3. The summed E-state index contributed by atoms with van der Waals surface area (Å²) in [4.78, 5) is 3.60. The molecule has 2 rings (SSSR count). The second kappa shape index (κ2) is 4.25. The summed E-state index contributed by atoms with van der Waals surface area (Å²) in [5.41, 5.74) is -2.52. The van der Waals surface area contributed by atoms with Gasteiger partial charge in [-0.1, -0.05) is 0 Å². The van der Waals surface area contributed by atoms with Gasteiger partial charge in [-0.15, -0.1) is 0 Å². The number of ether oxygens (including phenoxy) is 1. The third kappa shape index (κ3) is 2.25. The van der Waals surface area contributed by atoms with Crippen molar-refractivity contribution in [3.63, 3.8) is 0 Å². The van der Waals surface area contributed by atoms with Crippen LogP contribution in [0.4, 0.5) is 0 Å². The number of rotatable bonds is 2. The van der Waals surface area contributed by atoms with Crippen LogP contribution in [-0.4, -0.2) is 30.3 Å². The summed E-state index contributed by atoms with van der Waals surface area (Å²) in [6.07, 6.45) is 0. The minimum atomic E-state index is -2.94. The molecule has 0 saturated carbocycles. The van der Waals surface area contributed by atoms with E-state index in [1.807, 2.05) is 0 Å². The lowest BCUT2D eigenvalue weighted by atomic mass is 9.79. The van der Waals surface area contributed by atoms with Crippen molar-refractivity contribution in [3.8, 4) is 5.88 Å². The highest BCUT2D eigenvalue weighted by Crippen LogP contribution is 2.36. The highest BCUT2D eigenvalue weighted by atomic mass is 16.7. The summed E-state index contributed by atoms with van der Waals surface area (Å²) < 4.78 is 76.9. The van der Waals surface area contributed by atoms with Crippen molar-refractivity contribution < 1.29 is 25.0 Å². The predicted octanol–water partition coefficient (Wildman–Crippen LogP) is 1.70. The minimum absolute atomic E-state index is 0.232. The lowest BCUT2D eigenvalue weighted by molar-refractivity contribution is 0.00578. The van der Waals surface area contributed by atoms with Crippen LogP contribution in [-0.2, 0) is 9.31 Å². The van der Waals surface area contributed by atoms with E-state index < -0.39 is 55.9 Å². The SMILES string of the molecule is [2H]c1c(OC([2H])([2H])[2H])nc(C([2H])([2H])[2H])c([2H])c1B1OC(C)(C)C(C)(C)O1. The lowest BCUT2D eigenvalue weighted by Crippen LogP contribution is -2.41. The van der Waals surface area contributed by atoms with E-state index in [0.717, 1.165) is 0 Å². The van der Waals surface area contributed by atoms with Crippen LogP contribution in [0.5, 0.6) is 5.88 Å². The summed E-state index contributed by atoms with van der Waals surface area (Å²) >= 11 is 0. The zero-order valence-electron chi connectivity index (χ0n) is 18.7.